The van der Waals surface area contributed by atoms with Crippen LogP contribution in [0.1, 0.15) is 40.0 Å². The standard InChI is InChI=1S/C16H28O3/c1-11(2)7-6-8-12(3)14-15(18-5)13(17-4)9-16(14)10-19-16/h8,11,13-15H,6-7,9-10H2,1-5H3/b12-8+/t13-,14+,15-,16?/m1/s1. The SMILES string of the molecule is CO[C@@H]1[C@H](OC)CC2(CO2)[C@H]1/C(C)=C/CCC(C)C. The van der Waals surface area contributed by atoms with E-state index in [0.29, 0.717) is 5.92 Å². The molecule has 0 aromatic rings. The van der Waals surface area contributed by atoms with Gasteiger partial charge in [-0.2, -0.15) is 0 Å². The maximum absolute atomic E-state index is 5.78. The van der Waals surface area contributed by atoms with Gasteiger partial charge in [0.25, 0.3) is 0 Å². The number of epoxide rings is 1. The molecule has 1 heterocycles. The average Bonchev–Trinajstić information content (AvgIpc) is 3.03. The van der Waals surface area contributed by atoms with Crippen LogP contribution in [0.4, 0.5) is 0 Å². The van der Waals surface area contributed by atoms with E-state index in [4.69, 9.17) is 14.2 Å². The lowest BCUT2D eigenvalue weighted by atomic mass is 9.87. The molecule has 110 valence electrons. The molecule has 1 aliphatic carbocycles. The minimum Gasteiger partial charge on any atom is -0.379 e. The lowest BCUT2D eigenvalue weighted by Crippen LogP contribution is -2.32. The van der Waals surface area contributed by atoms with Gasteiger partial charge in [0.1, 0.15) is 5.60 Å². The third-order valence-electron chi connectivity index (χ3n) is 4.60. The Hall–Kier alpha value is -0.380. The van der Waals surface area contributed by atoms with Gasteiger partial charge in [-0.15, -0.1) is 0 Å². The molecule has 0 bridgehead atoms. The summed E-state index contributed by atoms with van der Waals surface area (Å²) in [6.45, 7) is 7.61. The topological polar surface area (TPSA) is 31.0 Å². The Morgan fingerprint density at radius 1 is 1.37 bits per heavy atom. The molecule has 4 atom stereocenters. The van der Waals surface area contributed by atoms with Crippen molar-refractivity contribution < 1.29 is 14.2 Å². The summed E-state index contributed by atoms with van der Waals surface area (Å²) in [6, 6.07) is 0. The Labute approximate surface area is 117 Å². The number of hydrogen-bond donors (Lipinski definition) is 0. The molecule has 2 aliphatic rings. The van der Waals surface area contributed by atoms with Crippen LogP contribution in [0.5, 0.6) is 0 Å². The smallest absolute Gasteiger partial charge is 0.103 e. The normalized spacial score (nSPS) is 38.4. The van der Waals surface area contributed by atoms with Crippen molar-refractivity contribution >= 4 is 0 Å². The number of rotatable bonds is 6. The minimum atomic E-state index is -0.000231. The summed E-state index contributed by atoms with van der Waals surface area (Å²) in [7, 11) is 3.56. The molecule has 1 unspecified atom stereocenters. The van der Waals surface area contributed by atoms with Gasteiger partial charge in [0.2, 0.25) is 0 Å². The highest BCUT2D eigenvalue weighted by molar-refractivity contribution is 5.23. The first-order valence-electron chi connectivity index (χ1n) is 7.40. The quantitative estimate of drug-likeness (QED) is 0.547. The average molecular weight is 268 g/mol. The van der Waals surface area contributed by atoms with Gasteiger partial charge in [-0.1, -0.05) is 25.5 Å². The van der Waals surface area contributed by atoms with Gasteiger partial charge in [0.15, 0.2) is 0 Å². The predicted molar refractivity (Wildman–Crippen MR) is 76.2 cm³/mol. The van der Waals surface area contributed by atoms with Crippen LogP contribution in [0.25, 0.3) is 0 Å². The van der Waals surface area contributed by atoms with E-state index in [1.807, 2.05) is 0 Å². The van der Waals surface area contributed by atoms with Gasteiger partial charge in [0, 0.05) is 26.6 Å². The Balaban J connectivity index is 2.07. The third-order valence-corrected chi connectivity index (χ3v) is 4.60. The zero-order valence-electron chi connectivity index (χ0n) is 12.9. The van der Waals surface area contributed by atoms with Gasteiger partial charge in [-0.05, 0) is 25.7 Å². The fraction of sp³-hybridized carbons (Fsp3) is 0.875. The molecule has 0 aromatic carbocycles. The van der Waals surface area contributed by atoms with Gasteiger partial charge in [0.05, 0.1) is 18.8 Å². The van der Waals surface area contributed by atoms with Gasteiger partial charge in [-0.25, -0.2) is 0 Å². The second-order valence-corrected chi connectivity index (χ2v) is 6.43. The summed E-state index contributed by atoms with van der Waals surface area (Å²) in [5.74, 6) is 1.11. The Morgan fingerprint density at radius 3 is 2.53 bits per heavy atom. The summed E-state index contributed by atoms with van der Waals surface area (Å²) in [6.07, 6.45) is 6.00. The molecule has 3 heteroatoms. The third kappa shape index (κ3) is 3.04. The van der Waals surface area contributed by atoms with E-state index in [1.165, 1.54) is 12.0 Å². The molecule has 1 spiro atoms. The van der Waals surface area contributed by atoms with E-state index in [-0.39, 0.29) is 17.8 Å². The second-order valence-electron chi connectivity index (χ2n) is 6.43. The van der Waals surface area contributed by atoms with E-state index in [2.05, 4.69) is 26.8 Å². The van der Waals surface area contributed by atoms with Crippen molar-refractivity contribution in [2.45, 2.75) is 57.8 Å². The molecule has 0 aromatic heterocycles. The first-order valence-corrected chi connectivity index (χ1v) is 7.40. The first-order chi connectivity index (χ1) is 9.04. The van der Waals surface area contributed by atoms with Crippen LogP contribution in [0, 0.1) is 11.8 Å². The summed E-state index contributed by atoms with van der Waals surface area (Å²) in [5, 5.41) is 0. The first kappa shape index (κ1) is 15.0. The monoisotopic (exact) mass is 268 g/mol. The molecule has 1 aliphatic heterocycles. The highest BCUT2D eigenvalue weighted by Crippen LogP contribution is 2.52. The molecule has 1 saturated carbocycles. The summed E-state index contributed by atoms with van der Waals surface area (Å²) in [4.78, 5) is 0. The van der Waals surface area contributed by atoms with E-state index < -0.39 is 0 Å². The van der Waals surface area contributed by atoms with Crippen molar-refractivity contribution in [3.8, 4) is 0 Å². The van der Waals surface area contributed by atoms with Crippen LogP contribution in [-0.4, -0.2) is 38.6 Å². The maximum atomic E-state index is 5.78. The molecule has 2 rings (SSSR count). The number of ether oxygens (including phenoxy) is 3. The van der Waals surface area contributed by atoms with Crippen LogP contribution in [0.3, 0.4) is 0 Å². The zero-order chi connectivity index (χ0) is 14.0. The van der Waals surface area contributed by atoms with Crippen molar-refractivity contribution in [2.75, 3.05) is 20.8 Å². The predicted octanol–water partition coefficient (Wildman–Crippen LogP) is 3.19. The van der Waals surface area contributed by atoms with E-state index in [0.717, 1.165) is 25.4 Å². The minimum absolute atomic E-state index is 0.000231. The highest BCUT2D eigenvalue weighted by Gasteiger charge is 2.63. The Morgan fingerprint density at radius 2 is 2.05 bits per heavy atom. The van der Waals surface area contributed by atoms with Gasteiger partial charge in [-0.3, -0.25) is 0 Å². The molecule has 1 saturated heterocycles. The lowest BCUT2D eigenvalue weighted by Gasteiger charge is -2.24. The van der Waals surface area contributed by atoms with Crippen LogP contribution >= 0.6 is 0 Å². The van der Waals surface area contributed by atoms with Crippen molar-refractivity contribution in [3.63, 3.8) is 0 Å². The molecule has 19 heavy (non-hydrogen) atoms. The van der Waals surface area contributed by atoms with Gasteiger partial charge >= 0.3 is 0 Å². The van der Waals surface area contributed by atoms with E-state index >= 15 is 0 Å². The van der Waals surface area contributed by atoms with Crippen LogP contribution in [0.2, 0.25) is 0 Å². The molecule has 3 nitrogen and oxygen atoms in total. The number of allylic oxidation sites excluding steroid dienone is 1. The highest BCUT2D eigenvalue weighted by atomic mass is 16.6. The van der Waals surface area contributed by atoms with E-state index in [1.54, 1.807) is 14.2 Å². The zero-order valence-corrected chi connectivity index (χ0v) is 12.9. The van der Waals surface area contributed by atoms with Crippen molar-refractivity contribution in [3.05, 3.63) is 11.6 Å². The van der Waals surface area contributed by atoms with Crippen LogP contribution in [0.15, 0.2) is 11.6 Å². The number of hydrogen-bond acceptors (Lipinski definition) is 3. The van der Waals surface area contributed by atoms with Crippen molar-refractivity contribution in [2.24, 2.45) is 11.8 Å². The van der Waals surface area contributed by atoms with E-state index in [9.17, 15) is 0 Å². The Kier molecular flexibility index (Phi) is 4.70. The summed E-state index contributed by atoms with van der Waals surface area (Å²) < 4.78 is 17.1. The molecular formula is C16H28O3. The molecule has 0 radical (unpaired) electrons. The van der Waals surface area contributed by atoms with Crippen LogP contribution in [-0.2, 0) is 14.2 Å². The van der Waals surface area contributed by atoms with Crippen molar-refractivity contribution in [1.82, 2.24) is 0 Å². The second kappa shape index (κ2) is 5.94. The summed E-state index contributed by atoms with van der Waals surface area (Å²) >= 11 is 0. The molecule has 0 N–H and O–H groups in total. The Bertz CT molecular complexity index is 331. The maximum Gasteiger partial charge on any atom is 0.103 e. The fourth-order valence-electron chi connectivity index (χ4n) is 3.44. The molecule has 2 fully saturated rings. The van der Waals surface area contributed by atoms with Gasteiger partial charge < -0.3 is 14.2 Å². The largest absolute Gasteiger partial charge is 0.379 e. The lowest BCUT2D eigenvalue weighted by molar-refractivity contribution is -0.0293. The fourth-order valence-corrected chi connectivity index (χ4v) is 3.44. The molecule has 0 amide bonds. The molecular weight excluding hydrogens is 240 g/mol. The summed E-state index contributed by atoms with van der Waals surface area (Å²) in [5.41, 5.74) is 1.41. The van der Waals surface area contributed by atoms with Crippen LogP contribution < -0.4 is 0 Å². The van der Waals surface area contributed by atoms with Crippen molar-refractivity contribution in [1.29, 1.82) is 0 Å². The number of methoxy groups -OCH3 is 2.